The summed E-state index contributed by atoms with van der Waals surface area (Å²) in [6.45, 7) is 4.48. The van der Waals surface area contributed by atoms with E-state index >= 15 is 0 Å². The smallest absolute Gasteiger partial charge is 0.276 e. The van der Waals surface area contributed by atoms with Gasteiger partial charge in [-0.05, 0) is 43.3 Å². The van der Waals surface area contributed by atoms with Crippen LogP contribution < -0.4 is 5.32 Å². The molecule has 2 aliphatic heterocycles. The summed E-state index contributed by atoms with van der Waals surface area (Å²) in [4.78, 5) is 14.7. The fraction of sp³-hybridized carbons (Fsp3) is 0.500. The zero-order valence-corrected chi connectivity index (χ0v) is 15.0. The van der Waals surface area contributed by atoms with Crippen molar-refractivity contribution in [2.24, 2.45) is 11.8 Å². The SMILES string of the molecule is Cl.O=C(c1cn(Cc2ccccc2)nn1)N1CC[C@@H]2CNC[C@@H]2CC1. The van der Waals surface area contributed by atoms with Gasteiger partial charge in [-0.25, -0.2) is 4.68 Å². The van der Waals surface area contributed by atoms with E-state index in [1.165, 1.54) is 0 Å². The minimum absolute atomic E-state index is 0. The third-order valence-corrected chi connectivity index (χ3v) is 5.25. The zero-order chi connectivity index (χ0) is 16.4. The van der Waals surface area contributed by atoms with Crippen molar-refractivity contribution in [1.29, 1.82) is 0 Å². The van der Waals surface area contributed by atoms with Crippen molar-refractivity contribution in [2.75, 3.05) is 26.2 Å². The van der Waals surface area contributed by atoms with E-state index in [0.717, 1.165) is 56.4 Å². The van der Waals surface area contributed by atoms with E-state index in [9.17, 15) is 4.79 Å². The second kappa shape index (κ2) is 7.97. The highest BCUT2D eigenvalue weighted by molar-refractivity contribution is 5.91. The maximum absolute atomic E-state index is 12.7. The van der Waals surface area contributed by atoms with Crippen LogP contribution in [0.5, 0.6) is 0 Å². The first-order valence-corrected chi connectivity index (χ1v) is 8.73. The van der Waals surface area contributed by atoms with Crippen LogP contribution in [0.25, 0.3) is 0 Å². The van der Waals surface area contributed by atoms with Crippen molar-refractivity contribution < 1.29 is 4.79 Å². The predicted octanol–water partition coefficient (Wildman–Crippen LogP) is 1.82. The number of carbonyl (C=O) groups excluding carboxylic acids is 1. The second-order valence-electron chi connectivity index (χ2n) is 6.83. The molecule has 2 aliphatic rings. The highest BCUT2D eigenvalue weighted by atomic mass is 35.5. The topological polar surface area (TPSA) is 63.1 Å². The van der Waals surface area contributed by atoms with Gasteiger partial charge < -0.3 is 10.2 Å². The van der Waals surface area contributed by atoms with E-state index in [0.29, 0.717) is 12.2 Å². The van der Waals surface area contributed by atoms with Crippen LogP contribution in [-0.2, 0) is 6.54 Å². The highest BCUT2D eigenvalue weighted by Gasteiger charge is 2.32. The van der Waals surface area contributed by atoms with Gasteiger partial charge in [0.15, 0.2) is 5.69 Å². The molecule has 2 aromatic rings. The third kappa shape index (κ3) is 4.02. The molecular formula is C18H24ClN5O. The molecule has 0 aliphatic carbocycles. The summed E-state index contributed by atoms with van der Waals surface area (Å²) in [7, 11) is 0. The van der Waals surface area contributed by atoms with E-state index in [2.05, 4.69) is 15.6 Å². The molecule has 4 rings (SSSR count). The Hall–Kier alpha value is -1.92. The van der Waals surface area contributed by atoms with Crippen molar-refractivity contribution in [2.45, 2.75) is 19.4 Å². The Morgan fingerprint density at radius 2 is 1.80 bits per heavy atom. The molecule has 25 heavy (non-hydrogen) atoms. The summed E-state index contributed by atoms with van der Waals surface area (Å²) in [5.74, 6) is 1.45. The monoisotopic (exact) mass is 361 g/mol. The Labute approximate surface area is 154 Å². The minimum Gasteiger partial charge on any atom is -0.337 e. The fourth-order valence-electron chi connectivity index (χ4n) is 3.83. The number of amides is 1. The molecule has 3 heterocycles. The standard InChI is InChI=1S/C18H23N5O.ClH/c24-18(22-8-6-15-10-19-11-16(15)7-9-22)17-13-23(21-20-17)12-14-4-2-1-3-5-14;/h1-5,13,15-16,19H,6-12H2;1H/t15-,16+;. The summed E-state index contributed by atoms with van der Waals surface area (Å²) >= 11 is 0. The lowest BCUT2D eigenvalue weighted by Gasteiger charge is -2.19. The van der Waals surface area contributed by atoms with Crippen molar-refractivity contribution >= 4 is 18.3 Å². The van der Waals surface area contributed by atoms with E-state index in [-0.39, 0.29) is 18.3 Å². The van der Waals surface area contributed by atoms with Crippen LogP contribution in [0.1, 0.15) is 28.9 Å². The van der Waals surface area contributed by atoms with Gasteiger partial charge in [-0.3, -0.25) is 4.79 Å². The number of hydrogen-bond acceptors (Lipinski definition) is 4. The van der Waals surface area contributed by atoms with Crippen molar-refractivity contribution in [3.63, 3.8) is 0 Å². The van der Waals surface area contributed by atoms with Gasteiger partial charge in [-0.2, -0.15) is 0 Å². The molecule has 1 amide bonds. The molecule has 2 fully saturated rings. The van der Waals surface area contributed by atoms with Gasteiger partial charge in [0.25, 0.3) is 5.91 Å². The van der Waals surface area contributed by atoms with Crippen LogP contribution in [0.4, 0.5) is 0 Å². The number of aromatic nitrogens is 3. The molecular weight excluding hydrogens is 338 g/mol. The van der Waals surface area contributed by atoms with Gasteiger partial charge in [0.1, 0.15) is 0 Å². The molecule has 7 heteroatoms. The molecule has 2 saturated heterocycles. The lowest BCUT2D eigenvalue weighted by atomic mass is 9.92. The molecule has 1 N–H and O–H groups in total. The minimum atomic E-state index is 0. The molecule has 1 aromatic carbocycles. The summed E-state index contributed by atoms with van der Waals surface area (Å²) in [6.07, 6.45) is 3.94. The average molecular weight is 362 g/mol. The van der Waals surface area contributed by atoms with E-state index in [4.69, 9.17) is 0 Å². The number of likely N-dealkylation sites (tertiary alicyclic amines) is 1. The van der Waals surface area contributed by atoms with Gasteiger partial charge >= 0.3 is 0 Å². The van der Waals surface area contributed by atoms with Gasteiger partial charge in [0.05, 0.1) is 12.7 Å². The van der Waals surface area contributed by atoms with Crippen LogP contribution >= 0.6 is 12.4 Å². The Bertz CT molecular complexity index is 691. The highest BCUT2D eigenvalue weighted by Crippen LogP contribution is 2.27. The van der Waals surface area contributed by atoms with Crippen LogP contribution in [-0.4, -0.2) is 52.0 Å². The lowest BCUT2D eigenvalue weighted by Crippen LogP contribution is -2.33. The van der Waals surface area contributed by atoms with Gasteiger partial charge in [0.2, 0.25) is 0 Å². The number of nitrogens with one attached hydrogen (secondary N) is 1. The molecule has 1 aromatic heterocycles. The molecule has 0 unspecified atom stereocenters. The Balaban J connectivity index is 0.00000182. The van der Waals surface area contributed by atoms with Crippen molar-refractivity contribution in [3.8, 4) is 0 Å². The van der Waals surface area contributed by atoms with E-state index in [1.807, 2.05) is 35.2 Å². The number of nitrogens with zero attached hydrogens (tertiary/aromatic N) is 4. The molecule has 0 bridgehead atoms. The molecule has 0 radical (unpaired) electrons. The molecule has 0 saturated carbocycles. The van der Waals surface area contributed by atoms with Gasteiger partial charge in [-0.15, -0.1) is 17.5 Å². The molecule has 134 valence electrons. The van der Waals surface area contributed by atoms with Crippen LogP contribution in [0.2, 0.25) is 0 Å². The first-order valence-electron chi connectivity index (χ1n) is 8.73. The van der Waals surface area contributed by atoms with Crippen LogP contribution in [0.3, 0.4) is 0 Å². The van der Waals surface area contributed by atoms with E-state index in [1.54, 1.807) is 10.9 Å². The Kier molecular flexibility index (Phi) is 5.71. The summed E-state index contributed by atoms with van der Waals surface area (Å²) in [6, 6.07) is 10.1. The average Bonchev–Trinajstić information content (AvgIpc) is 3.21. The number of fused-ring (bicyclic) bond motifs is 1. The zero-order valence-electron chi connectivity index (χ0n) is 14.2. The number of halogens is 1. The molecule has 6 nitrogen and oxygen atoms in total. The normalized spacial score (nSPS) is 22.8. The van der Waals surface area contributed by atoms with Gasteiger partial charge in [-0.1, -0.05) is 35.5 Å². The van der Waals surface area contributed by atoms with Crippen molar-refractivity contribution in [1.82, 2.24) is 25.2 Å². The number of rotatable bonds is 3. The molecule has 2 atom stereocenters. The maximum atomic E-state index is 12.7. The van der Waals surface area contributed by atoms with Crippen molar-refractivity contribution in [3.05, 3.63) is 47.8 Å². The largest absolute Gasteiger partial charge is 0.337 e. The summed E-state index contributed by atoms with van der Waals surface area (Å²) in [5.41, 5.74) is 1.60. The fourth-order valence-corrected chi connectivity index (χ4v) is 3.83. The van der Waals surface area contributed by atoms with Crippen LogP contribution in [0.15, 0.2) is 36.5 Å². The van der Waals surface area contributed by atoms with Crippen LogP contribution in [0, 0.1) is 11.8 Å². The number of benzene rings is 1. The van der Waals surface area contributed by atoms with E-state index < -0.39 is 0 Å². The predicted molar refractivity (Wildman–Crippen MR) is 97.8 cm³/mol. The maximum Gasteiger partial charge on any atom is 0.276 e. The summed E-state index contributed by atoms with van der Waals surface area (Å²) in [5, 5.41) is 11.7. The first-order chi connectivity index (χ1) is 11.8. The molecule has 0 spiro atoms. The first kappa shape index (κ1) is 17.9. The third-order valence-electron chi connectivity index (χ3n) is 5.25. The Morgan fingerprint density at radius 1 is 1.12 bits per heavy atom. The Morgan fingerprint density at radius 3 is 2.48 bits per heavy atom. The summed E-state index contributed by atoms with van der Waals surface area (Å²) < 4.78 is 1.74. The lowest BCUT2D eigenvalue weighted by molar-refractivity contribution is 0.0752. The number of carbonyl (C=O) groups is 1. The van der Waals surface area contributed by atoms with Gasteiger partial charge in [0, 0.05) is 13.1 Å². The quantitative estimate of drug-likeness (QED) is 0.905. The number of hydrogen-bond donors (Lipinski definition) is 1. The second-order valence-corrected chi connectivity index (χ2v) is 6.83.